The van der Waals surface area contributed by atoms with Gasteiger partial charge in [0.1, 0.15) is 12.5 Å². The zero-order chi connectivity index (χ0) is 27.5. The quantitative estimate of drug-likeness (QED) is 0.214. The topological polar surface area (TPSA) is 76.8 Å². The van der Waals surface area contributed by atoms with Crippen molar-refractivity contribution >= 4 is 36.7 Å². The molecular formula is C28H37ClFN3O4Si. The van der Waals surface area contributed by atoms with Crippen molar-refractivity contribution in [1.29, 1.82) is 0 Å². The van der Waals surface area contributed by atoms with E-state index in [1.54, 1.807) is 16.8 Å². The number of carboxylic acid groups (broad SMARTS) is 1. The van der Waals surface area contributed by atoms with E-state index in [2.05, 4.69) is 19.6 Å². The maximum atomic E-state index is 13.7. The smallest absolute Gasteiger partial charge is 0.407 e. The van der Waals surface area contributed by atoms with E-state index >= 15 is 0 Å². The molecule has 1 amide bonds. The monoisotopic (exact) mass is 561 g/mol. The Bertz CT molecular complexity index is 1250. The second-order valence-electron chi connectivity index (χ2n) is 11.5. The third-order valence-electron chi connectivity index (χ3n) is 7.37. The number of ether oxygens (including phenoxy) is 2. The number of benzene rings is 2. The predicted molar refractivity (Wildman–Crippen MR) is 150 cm³/mol. The summed E-state index contributed by atoms with van der Waals surface area (Å²) in [5.74, 6) is -0.303. The molecule has 1 aliphatic rings. The molecule has 1 aliphatic heterocycles. The first-order valence-electron chi connectivity index (χ1n) is 13.1. The molecule has 3 aromatic rings. The van der Waals surface area contributed by atoms with Crippen molar-refractivity contribution in [2.75, 3.05) is 26.3 Å². The Balaban J connectivity index is 1.51. The molecular weight excluding hydrogens is 525 g/mol. The van der Waals surface area contributed by atoms with Crippen molar-refractivity contribution in [3.8, 4) is 0 Å². The summed E-state index contributed by atoms with van der Waals surface area (Å²) in [6, 6.07) is 11.3. The van der Waals surface area contributed by atoms with E-state index in [0.29, 0.717) is 50.9 Å². The first kappa shape index (κ1) is 28.5. The maximum Gasteiger partial charge on any atom is 0.407 e. The fourth-order valence-electron chi connectivity index (χ4n) is 4.91. The lowest BCUT2D eigenvalue weighted by molar-refractivity contribution is 0.00553. The number of nitrogens with zero attached hydrogens (tertiary/aromatic N) is 3. The van der Waals surface area contributed by atoms with Gasteiger partial charge in [-0.2, -0.15) is 5.10 Å². The van der Waals surface area contributed by atoms with Gasteiger partial charge in [0.25, 0.3) is 0 Å². The minimum absolute atomic E-state index is 0.303. The normalized spacial score (nSPS) is 16.6. The van der Waals surface area contributed by atoms with Crippen LogP contribution in [0.2, 0.25) is 30.7 Å². The molecule has 206 valence electrons. The zero-order valence-electron chi connectivity index (χ0n) is 22.5. The van der Waals surface area contributed by atoms with Crippen LogP contribution in [0, 0.1) is 5.82 Å². The number of carbonyl (C=O) groups is 1. The van der Waals surface area contributed by atoms with Crippen molar-refractivity contribution in [3.05, 3.63) is 64.6 Å². The molecule has 1 unspecified atom stereocenters. The van der Waals surface area contributed by atoms with Crippen molar-refractivity contribution in [2.24, 2.45) is 0 Å². The van der Waals surface area contributed by atoms with Crippen LogP contribution in [0.15, 0.2) is 42.6 Å². The van der Waals surface area contributed by atoms with Crippen molar-refractivity contribution < 1.29 is 23.8 Å². The lowest BCUT2D eigenvalue weighted by Crippen LogP contribution is -2.47. The van der Waals surface area contributed by atoms with Gasteiger partial charge in [0.15, 0.2) is 0 Å². The summed E-state index contributed by atoms with van der Waals surface area (Å²) in [5, 5.41) is 15.7. The van der Waals surface area contributed by atoms with E-state index < -0.39 is 19.6 Å². The molecule has 0 aliphatic carbocycles. The predicted octanol–water partition coefficient (Wildman–Crippen LogP) is 6.93. The number of likely N-dealkylation sites (tertiary alicyclic amines) is 1. The number of hydrogen-bond donors (Lipinski definition) is 1. The van der Waals surface area contributed by atoms with Crippen LogP contribution in [-0.4, -0.2) is 60.3 Å². The summed E-state index contributed by atoms with van der Waals surface area (Å²) in [4.78, 5) is 12.9. The first-order valence-corrected chi connectivity index (χ1v) is 17.1. The highest BCUT2D eigenvalue weighted by molar-refractivity contribution is 6.76. The minimum Gasteiger partial charge on any atom is -0.465 e. The Kier molecular flexibility index (Phi) is 8.81. The zero-order valence-corrected chi connectivity index (χ0v) is 24.3. The molecule has 1 aromatic heterocycles. The molecule has 1 saturated heterocycles. The Labute approximate surface area is 229 Å². The third-order valence-corrected chi connectivity index (χ3v) is 9.29. The number of amides is 1. The number of halogens is 2. The number of aromatic nitrogens is 2. The molecule has 2 heterocycles. The van der Waals surface area contributed by atoms with E-state index in [0.717, 1.165) is 28.1 Å². The van der Waals surface area contributed by atoms with Crippen LogP contribution >= 0.6 is 11.6 Å². The fourth-order valence-corrected chi connectivity index (χ4v) is 5.90. The molecule has 38 heavy (non-hydrogen) atoms. The van der Waals surface area contributed by atoms with E-state index in [1.165, 1.54) is 17.0 Å². The lowest BCUT2D eigenvalue weighted by atomic mass is 9.73. The van der Waals surface area contributed by atoms with Crippen LogP contribution in [0.5, 0.6) is 0 Å². The molecule has 1 atom stereocenters. The summed E-state index contributed by atoms with van der Waals surface area (Å²) < 4.78 is 27.8. The van der Waals surface area contributed by atoms with E-state index in [4.69, 9.17) is 26.2 Å². The molecule has 0 spiro atoms. The summed E-state index contributed by atoms with van der Waals surface area (Å²) in [5.41, 5.74) is 2.22. The van der Waals surface area contributed by atoms with Crippen LogP contribution in [0.1, 0.15) is 37.0 Å². The highest BCUT2D eigenvalue weighted by Gasteiger charge is 2.38. The molecule has 1 N–H and O–H groups in total. The molecule has 0 saturated carbocycles. The highest BCUT2D eigenvalue weighted by atomic mass is 35.5. The molecule has 0 radical (unpaired) electrons. The van der Waals surface area contributed by atoms with Crippen molar-refractivity contribution in [1.82, 2.24) is 14.7 Å². The van der Waals surface area contributed by atoms with Gasteiger partial charge in [-0.1, -0.05) is 43.4 Å². The van der Waals surface area contributed by atoms with Gasteiger partial charge >= 0.3 is 6.09 Å². The van der Waals surface area contributed by atoms with Crippen molar-refractivity contribution in [3.63, 3.8) is 0 Å². The van der Waals surface area contributed by atoms with Gasteiger partial charge < -0.3 is 19.5 Å². The number of rotatable bonds is 10. The van der Waals surface area contributed by atoms with Gasteiger partial charge in [0.05, 0.1) is 18.2 Å². The summed E-state index contributed by atoms with van der Waals surface area (Å²) in [7, 11) is -1.16. The lowest BCUT2D eigenvalue weighted by Gasteiger charge is -2.41. The molecule has 0 bridgehead atoms. The Hall–Kier alpha value is -2.46. The standard InChI is InChI=1S/C28H37ClFN3O4Si/c1-20(25-16-23(29)15-21-17-33(31-26(21)25)19-36-13-14-38(2,3)4)37-18-28(22-5-7-24(30)8-6-22)9-11-32(12-10-28)27(34)35/h5-8,15-17,20H,9-14,18-19H2,1-4H3,(H,34,35). The minimum atomic E-state index is -1.16. The molecule has 10 heteroatoms. The first-order chi connectivity index (χ1) is 18.0. The van der Waals surface area contributed by atoms with Gasteiger partial charge in [-0.3, -0.25) is 0 Å². The third kappa shape index (κ3) is 6.94. The van der Waals surface area contributed by atoms with Gasteiger partial charge in [0.2, 0.25) is 0 Å². The van der Waals surface area contributed by atoms with Crippen LogP contribution in [0.3, 0.4) is 0 Å². The maximum absolute atomic E-state index is 13.7. The van der Waals surface area contributed by atoms with E-state index in [-0.39, 0.29) is 11.9 Å². The molecule has 4 rings (SSSR count). The number of fused-ring (bicyclic) bond motifs is 1. The summed E-state index contributed by atoms with van der Waals surface area (Å²) >= 11 is 6.47. The Morgan fingerprint density at radius 2 is 1.89 bits per heavy atom. The molecule has 1 fully saturated rings. The van der Waals surface area contributed by atoms with E-state index in [9.17, 15) is 14.3 Å². The second-order valence-corrected chi connectivity index (χ2v) is 17.5. The summed E-state index contributed by atoms with van der Waals surface area (Å²) in [6.07, 6.45) is 1.88. The van der Waals surface area contributed by atoms with Gasteiger partial charge in [-0.15, -0.1) is 0 Å². The highest BCUT2D eigenvalue weighted by Crippen LogP contribution is 2.38. The average molecular weight is 562 g/mol. The van der Waals surface area contributed by atoms with Gasteiger partial charge in [-0.25, -0.2) is 13.9 Å². The van der Waals surface area contributed by atoms with Crippen LogP contribution < -0.4 is 0 Å². The number of hydrogen-bond acceptors (Lipinski definition) is 4. The van der Waals surface area contributed by atoms with Crippen LogP contribution in [0.25, 0.3) is 10.9 Å². The Morgan fingerprint density at radius 1 is 1.21 bits per heavy atom. The second kappa shape index (κ2) is 11.7. The number of piperidine rings is 1. The molecule has 2 aromatic carbocycles. The largest absolute Gasteiger partial charge is 0.465 e. The SMILES string of the molecule is CC(OCC1(c2ccc(F)cc2)CCN(C(=O)O)CC1)c1cc(Cl)cc2cn(COCC[Si](C)(C)C)nc12. The van der Waals surface area contributed by atoms with Crippen molar-refractivity contribution in [2.45, 2.75) is 63.7 Å². The van der Waals surface area contributed by atoms with Gasteiger partial charge in [-0.05, 0) is 55.6 Å². The van der Waals surface area contributed by atoms with Gasteiger partial charge in [0, 0.05) is 55.4 Å². The van der Waals surface area contributed by atoms with Crippen LogP contribution in [0.4, 0.5) is 9.18 Å². The fraction of sp³-hybridized carbons (Fsp3) is 0.500. The average Bonchev–Trinajstić information content (AvgIpc) is 3.27. The summed E-state index contributed by atoms with van der Waals surface area (Å²) in [6.45, 7) is 11.2. The molecule has 7 nitrogen and oxygen atoms in total. The Morgan fingerprint density at radius 3 is 2.53 bits per heavy atom. The van der Waals surface area contributed by atoms with Crippen LogP contribution in [-0.2, 0) is 21.6 Å². The van der Waals surface area contributed by atoms with E-state index in [1.807, 2.05) is 25.3 Å².